The molecule has 1 aliphatic heterocycles. The quantitative estimate of drug-likeness (QED) is 0.741. The van der Waals surface area contributed by atoms with E-state index in [1.54, 1.807) is 6.08 Å². The van der Waals surface area contributed by atoms with E-state index in [1.165, 1.54) is 0 Å². The summed E-state index contributed by atoms with van der Waals surface area (Å²) in [7, 11) is 0. The Balaban J connectivity index is 2.17. The molecule has 1 heterocycles. The minimum absolute atomic E-state index is 0.0358. The van der Waals surface area contributed by atoms with Gasteiger partial charge in [0.2, 0.25) is 0 Å². The van der Waals surface area contributed by atoms with Gasteiger partial charge in [-0.3, -0.25) is 0 Å². The Labute approximate surface area is 91.4 Å². The average Bonchev–Trinajstić information content (AvgIpc) is 2.67. The molecule has 0 fully saturated rings. The summed E-state index contributed by atoms with van der Waals surface area (Å²) in [6.07, 6.45) is 2.62. The Kier molecular flexibility index (Phi) is 2.68. The van der Waals surface area contributed by atoms with Gasteiger partial charge in [-0.15, -0.1) is 0 Å². The fourth-order valence-electron chi connectivity index (χ4n) is 1.34. The molecule has 2 nitrogen and oxygen atoms in total. The van der Waals surface area contributed by atoms with E-state index in [0.717, 1.165) is 22.2 Å². The zero-order chi connectivity index (χ0) is 9.97. The van der Waals surface area contributed by atoms with Gasteiger partial charge in [0.05, 0.1) is 5.71 Å². The third kappa shape index (κ3) is 1.87. The first-order chi connectivity index (χ1) is 6.79. The van der Waals surface area contributed by atoms with Gasteiger partial charge in [0.25, 0.3) is 0 Å². The van der Waals surface area contributed by atoms with Crippen molar-refractivity contribution in [3.63, 3.8) is 0 Å². The lowest BCUT2D eigenvalue weighted by Gasteiger charge is -1.99. The van der Waals surface area contributed by atoms with Crippen LogP contribution in [0, 0.1) is 0 Å². The number of nitrogens with zero attached hydrogens (tertiary/aromatic N) is 1. The van der Waals surface area contributed by atoms with E-state index in [0.29, 0.717) is 0 Å². The van der Waals surface area contributed by atoms with E-state index in [4.69, 9.17) is 4.84 Å². The molecule has 3 heteroatoms. The molecule has 14 heavy (non-hydrogen) atoms. The van der Waals surface area contributed by atoms with Crippen LogP contribution in [0.5, 0.6) is 0 Å². The van der Waals surface area contributed by atoms with Crippen molar-refractivity contribution in [2.45, 2.75) is 12.5 Å². The van der Waals surface area contributed by atoms with Crippen molar-refractivity contribution in [2.24, 2.45) is 5.16 Å². The van der Waals surface area contributed by atoms with Crippen LogP contribution < -0.4 is 0 Å². The molecular weight excluding hydrogens is 242 g/mol. The van der Waals surface area contributed by atoms with E-state index in [1.807, 2.05) is 24.3 Å². The molecule has 0 radical (unpaired) electrons. The standard InChI is InChI=1S/C11H10BrNO/c1-2-10-7-11(13-14-10)8-3-5-9(12)6-4-8/h2-6,10H,1,7H2/t10-/m0/s1. The highest BCUT2D eigenvalue weighted by Crippen LogP contribution is 2.18. The van der Waals surface area contributed by atoms with E-state index in [9.17, 15) is 0 Å². The molecule has 1 aromatic rings. The Morgan fingerprint density at radius 1 is 1.43 bits per heavy atom. The predicted octanol–water partition coefficient (Wildman–Crippen LogP) is 3.13. The summed E-state index contributed by atoms with van der Waals surface area (Å²) in [6, 6.07) is 8.05. The minimum Gasteiger partial charge on any atom is -0.388 e. The van der Waals surface area contributed by atoms with Crippen molar-refractivity contribution in [1.82, 2.24) is 0 Å². The topological polar surface area (TPSA) is 21.6 Å². The van der Waals surface area contributed by atoms with Crippen molar-refractivity contribution >= 4 is 21.6 Å². The van der Waals surface area contributed by atoms with Gasteiger partial charge in [-0.25, -0.2) is 0 Å². The summed E-state index contributed by atoms with van der Waals surface area (Å²) in [5.41, 5.74) is 2.10. The normalized spacial score (nSPS) is 20.1. The third-order valence-electron chi connectivity index (χ3n) is 2.13. The summed E-state index contributed by atoms with van der Waals surface area (Å²) < 4.78 is 1.07. The Morgan fingerprint density at radius 2 is 2.14 bits per heavy atom. The van der Waals surface area contributed by atoms with Crippen LogP contribution in [0.15, 0.2) is 46.5 Å². The molecule has 1 atom stereocenters. The van der Waals surface area contributed by atoms with Gasteiger partial charge in [0.15, 0.2) is 6.10 Å². The van der Waals surface area contributed by atoms with Gasteiger partial charge in [-0.2, -0.15) is 0 Å². The Morgan fingerprint density at radius 3 is 2.71 bits per heavy atom. The summed E-state index contributed by atoms with van der Waals surface area (Å²) in [5, 5.41) is 4.02. The monoisotopic (exact) mass is 251 g/mol. The van der Waals surface area contributed by atoms with Crippen LogP contribution in [0.1, 0.15) is 12.0 Å². The number of hydrogen-bond acceptors (Lipinski definition) is 2. The smallest absolute Gasteiger partial charge is 0.151 e. The van der Waals surface area contributed by atoms with Crippen molar-refractivity contribution in [1.29, 1.82) is 0 Å². The molecular formula is C11H10BrNO. The van der Waals surface area contributed by atoms with Crippen LogP contribution >= 0.6 is 15.9 Å². The van der Waals surface area contributed by atoms with Crippen LogP contribution in [0.25, 0.3) is 0 Å². The molecule has 0 amide bonds. The first-order valence-corrected chi connectivity index (χ1v) is 5.20. The van der Waals surface area contributed by atoms with Crippen LogP contribution in [0.2, 0.25) is 0 Å². The van der Waals surface area contributed by atoms with Crippen molar-refractivity contribution in [3.05, 3.63) is 47.0 Å². The second-order valence-corrected chi connectivity index (χ2v) is 4.04. The van der Waals surface area contributed by atoms with Gasteiger partial charge in [-0.05, 0) is 23.8 Å². The molecule has 0 aliphatic carbocycles. The van der Waals surface area contributed by atoms with Crippen LogP contribution in [0.3, 0.4) is 0 Å². The second-order valence-electron chi connectivity index (χ2n) is 3.13. The number of oxime groups is 1. The highest BCUT2D eigenvalue weighted by molar-refractivity contribution is 9.10. The molecule has 72 valence electrons. The number of halogens is 1. The first kappa shape index (κ1) is 9.46. The molecule has 0 unspecified atom stereocenters. The highest BCUT2D eigenvalue weighted by Gasteiger charge is 2.18. The fourth-order valence-corrected chi connectivity index (χ4v) is 1.60. The number of benzene rings is 1. The Bertz CT molecular complexity index is 369. The van der Waals surface area contributed by atoms with E-state index in [2.05, 4.69) is 27.7 Å². The SMILES string of the molecule is C=C[C@H]1CC(c2ccc(Br)cc2)=NO1. The molecule has 2 rings (SSSR count). The predicted molar refractivity (Wildman–Crippen MR) is 60.4 cm³/mol. The molecule has 1 aromatic carbocycles. The second kappa shape index (κ2) is 3.96. The summed E-state index contributed by atoms with van der Waals surface area (Å²) >= 11 is 3.39. The molecule has 0 saturated heterocycles. The summed E-state index contributed by atoms with van der Waals surface area (Å²) in [5.74, 6) is 0. The average molecular weight is 252 g/mol. The lowest BCUT2D eigenvalue weighted by molar-refractivity contribution is 0.120. The molecule has 0 N–H and O–H groups in total. The zero-order valence-electron chi connectivity index (χ0n) is 7.61. The lowest BCUT2D eigenvalue weighted by atomic mass is 10.1. The number of rotatable bonds is 2. The lowest BCUT2D eigenvalue weighted by Crippen LogP contribution is -2.04. The molecule has 1 aliphatic rings. The van der Waals surface area contributed by atoms with Gasteiger partial charge in [0.1, 0.15) is 0 Å². The van der Waals surface area contributed by atoms with Crippen LogP contribution in [-0.4, -0.2) is 11.8 Å². The zero-order valence-corrected chi connectivity index (χ0v) is 9.20. The minimum atomic E-state index is 0.0358. The third-order valence-corrected chi connectivity index (χ3v) is 2.66. The number of hydrogen-bond donors (Lipinski definition) is 0. The van der Waals surface area contributed by atoms with E-state index < -0.39 is 0 Å². The van der Waals surface area contributed by atoms with Crippen molar-refractivity contribution < 1.29 is 4.84 Å². The van der Waals surface area contributed by atoms with Gasteiger partial charge >= 0.3 is 0 Å². The van der Waals surface area contributed by atoms with E-state index >= 15 is 0 Å². The molecule has 0 saturated carbocycles. The van der Waals surface area contributed by atoms with Gasteiger partial charge < -0.3 is 4.84 Å². The van der Waals surface area contributed by atoms with Crippen molar-refractivity contribution in [3.8, 4) is 0 Å². The fraction of sp³-hybridized carbons (Fsp3) is 0.182. The van der Waals surface area contributed by atoms with Gasteiger partial charge in [-0.1, -0.05) is 39.8 Å². The molecule has 0 aromatic heterocycles. The van der Waals surface area contributed by atoms with Crippen LogP contribution in [0.4, 0.5) is 0 Å². The maximum absolute atomic E-state index is 5.16. The molecule has 0 bridgehead atoms. The van der Waals surface area contributed by atoms with E-state index in [-0.39, 0.29) is 6.10 Å². The van der Waals surface area contributed by atoms with Crippen molar-refractivity contribution in [2.75, 3.05) is 0 Å². The van der Waals surface area contributed by atoms with Gasteiger partial charge in [0, 0.05) is 10.9 Å². The largest absolute Gasteiger partial charge is 0.388 e. The highest BCUT2D eigenvalue weighted by atomic mass is 79.9. The van der Waals surface area contributed by atoms with Crippen LogP contribution in [-0.2, 0) is 4.84 Å². The first-order valence-electron chi connectivity index (χ1n) is 4.41. The summed E-state index contributed by atoms with van der Waals surface area (Å²) in [6.45, 7) is 3.68. The Hall–Kier alpha value is -1.09. The maximum Gasteiger partial charge on any atom is 0.151 e. The maximum atomic E-state index is 5.16. The molecule has 0 spiro atoms. The summed E-state index contributed by atoms with van der Waals surface area (Å²) in [4.78, 5) is 5.16.